The van der Waals surface area contributed by atoms with Gasteiger partial charge in [0.15, 0.2) is 0 Å². The van der Waals surface area contributed by atoms with E-state index in [0.717, 1.165) is 25.2 Å². The maximum atomic E-state index is 11.7. The third kappa shape index (κ3) is 4.02. The molecule has 2 aliphatic rings. The van der Waals surface area contributed by atoms with Gasteiger partial charge in [0.25, 0.3) is 0 Å². The first-order valence-electron chi connectivity index (χ1n) is 9.05. The summed E-state index contributed by atoms with van der Waals surface area (Å²) < 4.78 is 0. The lowest BCUT2D eigenvalue weighted by atomic mass is 9.60. The van der Waals surface area contributed by atoms with Crippen LogP contribution in [0.1, 0.15) is 79.1 Å². The Labute approximate surface area is 130 Å². The van der Waals surface area contributed by atoms with E-state index >= 15 is 0 Å². The van der Waals surface area contributed by atoms with Crippen molar-refractivity contribution >= 4 is 5.97 Å². The van der Waals surface area contributed by atoms with Crippen molar-refractivity contribution in [3.05, 3.63) is 0 Å². The minimum absolute atomic E-state index is 0.0771. The molecule has 0 aromatic rings. The molecule has 1 N–H and O–H groups in total. The monoisotopic (exact) mass is 294 g/mol. The molecular weight excluding hydrogens is 260 g/mol. The number of carbonyl (C=O) groups is 1. The Hall–Kier alpha value is -0.530. The van der Waals surface area contributed by atoms with Crippen molar-refractivity contribution in [3.63, 3.8) is 0 Å². The van der Waals surface area contributed by atoms with E-state index in [9.17, 15) is 9.90 Å². The average Bonchev–Trinajstić information content (AvgIpc) is 2.45. The molecule has 2 saturated carbocycles. The molecule has 2 fully saturated rings. The zero-order chi connectivity index (χ0) is 15.6. The number of hydrogen-bond donors (Lipinski definition) is 1. The highest BCUT2D eigenvalue weighted by molar-refractivity contribution is 5.70. The molecule has 2 aliphatic carbocycles. The van der Waals surface area contributed by atoms with Crippen LogP contribution in [0.4, 0.5) is 0 Å². The molecule has 0 heterocycles. The SMILES string of the molecule is CCC1CCC(C2CC(C(C)(C)C)CCC2C(=O)O)CC1. The van der Waals surface area contributed by atoms with Crippen LogP contribution in [-0.2, 0) is 4.79 Å². The van der Waals surface area contributed by atoms with Gasteiger partial charge in [0, 0.05) is 0 Å². The molecule has 122 valence electrons. The maximum Gasteiger partial charge on any atom is 0.306 e. The van der Waals surface area contributed by atoms with E-state index in [2.05, 4.69) is 27.7 Å². The van der Waals surface area contributed by atoms with Crippen molar-refractivity contribution in [2.24, 2.45) is 35.0 Å². The number of carboxylic acid groups (broad SMARTS) is 1. The van der Waals surface area contributed by atoms with E-state index in [1.807, 2.05) is 0 Å². The Balaban J connectivity index is 2.06. The highest BCUT2D eigenvalue weighted by atomic mass is 16.4. The third-order valence-corrected chi connectivity index (χ3v) is 6.52. The molecule has 0 bridgehead atoms. The van der Waals surface area contributed by atoms with E-state index in [-0.39, 0.29) is 5.92 Å². The molecule has 2 nitrogen and oxygen atoms in total. The number of hydrogen-bond acceptors (Lipinski definition) is 1. The summed E-state index contributed by atoms with van der Waals surface area (Å²) in [5, 5.41) is 9.63. The summed E-state index contributed by atoms with van der Waals surface area (Å²) in [5.74, 6) is 2.07. The fourth-order valence-corrected chi connectivity index (χ4v) is 4.84. The first-order valence-corrected chi connectivity index (χ1v) is 9.05. The van der Waals surface area contributed by atoms with Crippen molar-refractivity contribution in [3.8, 4) is 0 Å². The molecule has 21 heavy (non-hydrogen) atoms. The van der Waals surface area contributed by atoms with Crippen LogP contribution in [0.3, 0.4) is 0 Å². The molecular formula is C19H34O2. The van der Waals surface area contributed by atoms with Gasteiger partial charge in [0.1, 0.15) is 0 Å². The second-order valence-electron chi connectivity index (χ2n) is 8.67. The fraction of sp³-hybridized carbons (Fsp3) is 0.947. The van der Waals surface area contributed by atoms with Crippen LogP contribution < -0.4 is 0 Å². The molecule has 0 spiro atoms. The van der Waals surface area contributed by atoms with Crippen molar-refractivity contribution in [2.75, 3.05) is 0 Å². The number of carboxylic acids is 1. The molecule has 3 unspecified atom stereocenters. The average molecular weight is 294 g/mol. The molecule has 2 rings (SSSR count). The first kappa shape index (κ1) is 16.8. The van der Waals surface area contributed by atoms with Gasteiger partial charge in [0.05, 0.1) is 5.92 Å². The van der Waals surface area contributed by atoms with Crippen LogP contribution in [0, 0.1) is 35.0 Å². The smallest absolute Gasteiger partial charge is 0.306 e. The van der Waals surface area contributed by atoms with Crippen LogP contribution in [0.15, 0.2) is 0 Å². The van der Waals surface area contributed by atoms with Crippen molar-refractivity contribution in [1.29, 1.82) is 0 Å². The highest BCUT2D eigenvalue weighted by Crippen LogP contribution is 2.49. The Morgan fingerprint density at radius 3 is 2.14 bits per heavy atom. The Bertz CT molecular complexity index is 347. The molecule has 3 atom stereocenters. The molecule has 0 aliphatic heterocycles. The van der Waals surface area contributed by atoms with Gasteiger partial charge in [-0.2, -0.15) is 0 Å². The van der Waals surface area contributed by atoms with Crippen molar-refractivity contribution in [2.45, 2.75) is 79.1 Å². The quantitative estimate of drug-likeness (QED) is 0.760. The standard InChI is InChI=1S/C19H34O2/c1-5-13-6-8-14(9-7-13)17-12-15(19(2,3)4)10-11-16(17)18(20)21/h13-17H,5-12H2,1-4H3,(H,20,21). The zero-order valence-electron chi connectivity index (χ0n) is 14.4. The summed E-state index contributed by atoms with van der Waals surface area (Å²) in [7, 11) is 0. The van der Waals surface area contributed by atoms with Gasteiger partial charge in [0.2, 0.25) is 0 Å². The minimum atomic E-state index is -0.537. The van der Waals surface area contributed by atoms with Gasteiger partial charge < -0.3 is 5.11 Å². The van der Waals surface area contributed by atoms with E-state index in [4.69, 9.17) is 0 Å². The highest BCUT2D eigenvalue weighted by Gasteiger charge is 2.42. The Kier molecular flexibility index (Phi) is 5.38. The Morgan fingerprint density at radius 2 is 1.67 bits per heavy atom. The van der Waals surface area contributed by atoms with Crippen LogP contribution in [0.25, 0.3) is 0 Å². The summed E-state index contributed by atoms with van der Waals surface area (Å²) in [6.07, 6.45) is 9.62. The van der Waals surface area contributed by atoms with E-state index in [1.54, 1.807) is 0 Å². The lowest BCUT2D eigenvalue weighted by molar-refractivity contribution is -0.147. The van der Waals surface area contributed by atoms with Crippen LogP contribution in [0.5, 0.6) is 0 Å². The zero-order valence-corrected chi connectivity index (χ0v) is 14.4. The van der Waals surface area contributed by atoms with Crippen molar-refractivity contribution < 1.29 is 9.90 Å². The maximum absolute atomic E-state index is 11.7. The molecule has 0 amide bonds. The van der Waals surface area contributed by atoms with Crippen LogP contribution in [0.2, 0.25) is 0 Å². The minimum Gasteiger partial charge on any atom is -0.481 e. The summed E-state index contributed by atoms with van der Waals surface area (Å²) in [6, 6.07) is 0. The third-order valence-electron chi connectivity index (χ3n) is 6.52. The molecule has 0 aromatic carbocycles. The van der Waals surface area contributed by atoms with E-state index in [1.165, 1.54) is 32.1 Å². The van der Waals surface area contributed by atoms with Gasteiger partial charge in [-0.1, -0.05) is 47.0 Å². The second kappa shape index (κ2) is 6.71. The lowest BCUT2D eigenvalue weighted by Gasteiger charge is -2.45. The molecule has 0 aromatic heterocycles. The van der Waals surface area contributed by atoms with Gasteiger partial charge in [-0.3, -0.25) is 4.79 Å². The fourth-order valence-electron chi connectivity index (χ4n) is 4.84. The molecule has 2 heteroatoms. The summed E-state index contributed by atoms with van der Waals surface area (Å²) in [5.41, 5.74) is 0.322. The summed E-state index contributed by atoms with van der Waals surface area (Å²) >= 11 is 0. The molecule has 0 radical (unpaired) electrons. The predicted octanol–water partition coefficient (Wildman–Crippen LogP) is 5.37. The van der Waals surface area contributed by atoms with Gasteiger partial charge in [-0.15, -0.1) is 0 Å². The van der Waals surface area contributed by atoms with Crippen LogP contribution in [-0.4, -0.2) is 11.1 Å². The first-order chi connectivity index (χ1) is 9.82. The summed E-state index contributed by atoms with van der Waals surface area (Å²) in [6.45, 7) is 9.26. The summed E-state index contributed by atoms with van der Waals surface area (Å²) in [4.78, 5) is 11.7. The van der Waals surface area contributed by atoms with E-state index < -0.39 is 5.97 Å². The van der Waals surface area contributed by atoms with E-state index in [0.29, 0.717) is 23.2 Å². The number of rotatable bonds is 3. The number of aliphatic carboxylic acids is 1. The van der Waals surface area contributed by atoms with Gasteiger partial charge in [-0.05, 0) is 61.2 Å². The second-order valence-corrected chi connectivity index (χ2v) is 8.67. The predicted molar refractivity (Wildman–Crippen MR) is 87.2 cm³/mol. The Morgan fingerprint density at radius 1 is 1.05 bits per heavy atom. The van der Waals surface area contributed by atoms with Gasteiger partial charge in [-0.25, -0.2) is 0 Å². The van der Waals surface area contributed by atoms with Crippen LogP contribution >= 0.6 is 0 Å². The van der Waals surface area contributed by atoms with Gasteiger partial charge >= 0.3 is 5.97 Å². The normalized spacial score (nSPS) is 38.2. The molecule has 0 saturated heterocycles. The topological polar surface area (TPSA) is 37.3 Å². The lowest BCUT2D eigenvalue weighted by Crippen LogP contribution is -2.39. The van der Waals surface area contributed by atoms with Crippen molar-refractivity contribution in [1.82, 2.24) is 0 Å². The largest absolute Gasteiger partial charge is 0.481 e.